The minimum atomic E-state index is -0.400. The Hall–Kier alpha value is -2.18. The van der Waals surface area contributed by atoms with E-state index in [1.807, 2.05) is 35.7 Å². The molecular formula is C21H26N2O3S. The number of carbonyl (C=O) groups is 2. The Morgan fingerprint density at radius 1 is 1.11 bits per heavy atom. The number of rotatable bonds is 6. The summed E-state index contributed by atoms with van der Waals surface area (Å²) in [6.07, 6.45) is 4.74. The van der Waals surface area contributed by atoms with Gasteiger partial charge >= 0.3 is 5.97 Å². The number of thiophene rings is 1. The summed E-state index contributed by atoms with van der Waals surface area (Å²) in [4.78, 5) is 27.3. The van der Waals surface area contributed by atoms with E-state index < -0.39 is 5.97 Å². The predicted molar refractivity (Wildman–Crippen MR) is 109 cm³/mol. The SMILES string of the molecule is CCOC(=O)c1c(-c2ccccc2)csc1NC(=O)CN1CCCCCC1. The van der Waals surface area contributed by atoms with E-state index in [0.717, 1.165) is 37.1 Å². The van der Waals surface area contributed by atoms with Gasteiger partial charge in [0, 0.05) is 10.9 Å². The lowest BCUT2D eigenvalue weighted by molar-refractivity contribution is -0.117. The van der Waals surface area contributed by atoms with Crippen LogP contribution in [0.25, 0.3) is 11.1 Å². The van der Waals surface area contributed by atoms with E-state index in [1.54, 1.807) is 6.92 Å². The molecule has 1 aromatic carbocycles. The summed E-state index contributed by atoms with van der Waals surface area (Å²) in [5, 5.41) is 5.41. The third-order valence-corrected chi connectivity index (χ3v) is 5.57. The molecule has 27 heavy (non-hydrogen) atoms. The average Bonchev–Trinajstić information content (AvgIpc) is 2.91. The Morgan fingerprint density at radius 2 is 1.81 bits per heavy atom. The minimum absolute atomic E-state index is 0.0797. The molecule has 1 fully saturated rings. The fraction of sp³-hybridized carbons (Fsp3) is 0.429. The lowest BCUT2D eigenvalue weighted by Gasteiger charge is -2.19. The Balaban J connectivity index is 1.79. The third-order valence-electron chi connectivity index (χ3n) is 4.67. The van der Waals surface area contributed by atoms with Gasteiger partial charge in [0.05, 0.1) is 13.2 Å². The first-order valence-corrected chi connectivity index (χ1v) is 10.4. The van der Waals surface area contributed by atoms with Gasteiger partial charge < -0.3 is 10.1 Å². The Labute approximate surface area is 164 Å². The normalized spacial score (nSPS) is 15.1. The summed E-state index contributed by atoms with van der Waals surface area (Å²) in [5.74, 6) is -0.480. The van der Waals surface area contributed by atoms with Gasteiger partial charge in [-0.25, -0.2) is 4.79 Å². The molecule has 0 spiro atoms. The molecule has 1 aliphatic heterocycles. The molecule has 0 unspecified atom stereocenters. The molecule has 0 aliphatic carbocycles. The molecule has 1 amide bonds. The minimum Gasteiger partial charge on any atom is -0.462 e. The first-order chi connectivity index (χ1) is 13.2. The predicted octanol–water partition coefficient (Wildman–Crippen LogP) is 4.41. The van der Waals surface area contributed by atoms with Crippen molar-refractivity contribution in [2.45, 2.75) is 32.6 Å². The molecule has 0 atom stereocenters. The smallest absolute Gasteiger partial charge is 0.341 e. The van der Waals surface area contributed by atoms with Gasteiger partial charge in [0.2, 0.25) is 5.91 Å². The summed E-state index contributed by atoms with van der Waals surface area (Å²) >= 11 is 1.37. The summed E-state index contributed by atoms with van der Waals surface area (Å²) in [7, 11) is 0. The molecule has 2 aromatic rings. The fourth-order valence-corrected chi connectivity index (χ4v) is 4.32. The van der Waals surface area contributed by atoms with E-state index in [2.05, 4.69) is 10.2 Å². The van der Waals surface area contributed by atoms with Crippen molar-refractivity contribution in [1.29, 1.82) is 0 Å². The van der Waals surface area contributed by atoms with E-state index in [4.69, 9.17) is 4.74 Å². The van der Waals surface area contributed by atoms with Crippen molar-refractivity contribution in [2.75, 3.05) is 31.6 Å². The molecule has 3 rings (SSSR count). The number of benzene rings is 1. The van der Waals surface area contributed by atoms with Crippen LogP contribution in [0.1, 0.15) is 43.0 Å². The summed E-state index contributed by atoms with van der Waals surface area (Å²) in [6, 6.07) is 9.70. The van der Waals surface area contributed by atoms with Crippen molar-refractivity contribution in [1.82, 2.24) is 4.90 Å². The van der Waals surface area contributed by atoms with Crippen LogP contribution in [0.3, 0.4) is 0 Å². The van der Waals surface area contributed by atoms with Gasteiger partial charge in [0.1, 0.15) is 10.6 Å². The van der Waals surface area contributed by atoms with E-state index in [1.165, 1.54) is 24.2 Å². The number of ether oxygens (including phenoxy) is 1. The van der Waals surface area contributed by atoms with Crippen LogP contribution in [0.5, 0.6) is 0 Å². The van der Waals surface area contributed by atoms with Crippen LogP contribution in [0.2, 0.25) is 0 Å². The average molecular weight is 387 g/mol. The van der Waals surface area contributed by atoms with Crippen molar-refractivity contribution in [3.05, 3.63) is 41.3 Å². The number of esters is 1. The van der Waals surface area contributed by atoms with E-state index in [-0.39, 0.29) is 5.91 Å². The zero-order valence-electron chi connectivity index (χ0n) is 15.7. The highest BCUT2D eigenvalue weighted by Crippen LogP contribution is 2.36. The standard InChI is InChI=1S/C21H26N2O3S/c1-2-26-21(25)19-17(16-10-6-5-7-11-16)15-27-20(19)22-18(24)14-23-12-8-3-4-9-13-23/h5-7,10-11,15H,2-4,8-9,12-14H2,1H3,(H,22,24). The maximum absolute atomic E-state index is 12.6. The first kappa shape index (κ1) is 19.6. The van der Waals surface area contributed by atoms with Crippen LogP contribution >= 0.6 is 11.3 Å². The highest BCUT2D eigenvalue weighted by atomic mass is 32.1. The molecule has 1 aromatic heterocycles. The van der Waals surface area contributed by atoms with E-state index >= 15 is 0 Å². The monoisotopic (exact) mass is 386 g/mol. The quantitative estimate of drug-likeness (QED) is 0.747. The number of anilines is 1. The Morgan fingerprint density at radius 3 is 2.48 bits per heavy atom. The number of nitrogens with one attached hydrogen (secondary N) is 1. The number of hydrogen-bond donors (Lipinski definition) is 1. The number of amides is 1. The summed E-state index contributed by atoms with van der Waals surface area (Å²) in [5.41, 5.74) is 2.17. The van der Waals surface area contributed by atoms with Crippen LogP contribution in [-0.4, -0.2) is 43.0 Å². The molecule has 5 nitrogen and oxygen atoms in total. The molecule has 2 heterocycles. The van der Waals surface area contributed by atoms with Gasteiger partial charge in [-0.05, 0) is 38.4 Å². The van der Waals surface area contributed by atoms with Gasteiger partial charge in [-0.2, -0.15) is 0 Å². The van der Waals surface area contributed by atoms with Crippen molar-refractivity contribution in [3.8, 4) is 11.1 Å². The number of carbonyl (C=O) groups excluding carboxylic acids is 2. The summed E-state index contributed by atoms with van der Waals surface area (Å²) in [6.45, 7) is 4.35. The lowest BCUT2D eigenvalue weighted by Crippen LogP contribution is -2.34. The van der Waals surface area contributed by atoms with Crippen LogP contribution in [0.15, 0.2) is 35.7 Å². The van der Waals surface area contributed by atoms with Crippen LogP contribution < -0.4 is 5.32 Å². The molecule has 6 heteroatoms. The lowest BCUT2D eigenvalue weighted by atomic mass is 10.0. The number of likely N-dealkylation sites (tertiary alicyclic amines) is 1. The molecule has 1 saturated heterocycles. The van der Waals surface area contributed by atoms with Gasteiger partial charge in [-0.3, -0.25) is 9.69 Å². The van der Waals surface area contributed by atoms with Gasteiger partial charge in [0.25, 0.3) is 0 Å². The zero-order valence-corrected chi connectivity index (χ0v) is 16.5. The Kier molecular flexibility index (Phi) is 7.01. The van der Waals surface area contributed by atoms with Crippen LogP contribution in [0, 0.1) is 0 Å². The molecule has 0 saturated carbocycles. The number of nitrogens with zero attached hydrogens (tertiary/aromatic N) is 1. The largest absolute Gasteiger partial charge is 0.462 e. The molecule has 0 bridgehead atoms. The third kappa shape index (κ3) is 5.17. The first-order valence-electron chi connectivity index (χ1n) is 9.55. The maximum Gasteiger partial charge on any atom is 0.341 e. The Bertz CT molecular complexity index is 765. The van der Waals surface area contributed by atoms with Crippen molar-refractivity contribution in [3.63, 3.8) is 0 Å². The van der Waals surface area contributed by atoms with E-state index in [9.17, 15) is 9.59 Å². The molecule has 144 valence electrons. The van der Waals surface area contributed by atoms with Crippen molar-refractivity contribution >= 4 is 28.2 Å². The molecule has 1 N–H and O–H groups in total. The van der Waals surface area contributed by atoms with E-state index in [0.29, 0.717) is 23.7 Å². The van der Waals surface area contributed by atoms with Crippen LogP contribution in [0.4, 0.5) is 5.00 Å². The fourth-order valence-electron chi connectivity index (χ4n) is 3.35. The van der Waals surface area contributed by atoms with Gasteiger partial charge in [0.15, 0.2) is 0 Å². The maximum atomic E-state index is 12.6. The highest BCUT2D eigenvalue weighted by Gasteiger charge is 2.23. The van der Waals surface area contributed by atoms with Crippen molar-refractivity contribution < 1.29 is 14.3 Å². The molecule has 1 aliphatic rings. The topological polar surface area (TPSA) is 58.6 Å². The highest BCUT2D eigenvalue weighted by molar-refractivity contribution is 7.15. The van der Waals surface area contributed by atoms with Gasteiger partial charge in [-0.1, -0.05) is 43.2 Å². The zero-order chi connectivity index (χ0) is 19.1. The number of hydrogen-bond acceptors (Lipinski definition) is 5. The second-order valence-electron chi connectivity index (χ2n) is 6.68. The van der Waals surface area contributed by atoms with Gasteiger partial charge in [-0.15, -0.1) is 11.3 Å². The summed E-state index contributed by atoms with van der Waals surface area (Å²) < 4.78 is 5.24. The molecular weight excluding hydrogens is 360 g/mol. The van der Waals surface area contributed by atoms with Crippen LogP contribution in [-0.2, 0) is 9.53 Å². The second-order valence-corrected chi connectivity index (χ2v) is 7.56. The van der Waals surface area contributed by atoms with Crippen molar-refractivity contribution in [2.24, 2.45) is 0 Å². The molecule has 0 radical (unpaired) electrons. The second kappa shape index (κ2) is 9.67.